The third-order valence-electron chi connectivity index (χ3n) is 13.3. The zero-order valence-corrected chi connectivity index (χ0v) is 44.8. The van der Waals surface area contributed by atoms with Crippen LogP contribution in [0.3, 0.4) is 0 Å². The molecule has 0 spiro atoms. The minimum Gasteiger partial charge on any atom is -0.464 e. The number of hydrogen-bond donors (Lipinski definition) is 5. The van der Waals surface area contributed by atoms with Gasteiger partial charge in [0.1, 0.15) is 18.1 Å². The topological polar surface area (TPSA) is 243 Å². The quantitative estimate of drug-likeness (QED) is 0.0551. The van der Waals surface area contributed by atoms with Crippen LogP contribution in [0.15, 0.2) is 30.3 Å². The number of nitrogens with zero attached hydrogens (tertiary/aromatic N) is 3. The molecule has 0 unspecified atom stereocenters. The Morgan fingerprint density at radius 1 is 0.789 bits per heavy atom. The number of carbonyl (C=O) groups excluding carboxylic acids is 8. The molecule has 2 rings (SSSR count). The highest BCUT2D eigenvalue weighted by molar-refractivity contribution is 5.91. The molecule has 402 valence electrons. The van der Waals surface area contributed by atoms with Crippen LogP contribution >= 0.6 is 0 Å². The molecule has 0 aromatic heterocycles. The third kappa shape index (κ3) is 19.3. The van der Waals surface area contributed by atoms with Gasteiger partial charge in [-0.1, -0.05) is 85.2 Å². The van der Waals surface area contributed by atoms with Gasteiger partial charge in [-0.3, -0.25) is 33.7 Å². The minimum absolute atomic E-state index is 0.0110. The van der Waals surface area contributed by atoms with E-state index < -0.39 is 84.2 Å². The molecule has 1 aromatic carbocycles. The predicted octanol–water partition coefficient (Wildman–Crippen LogP) is 2.66. The van der Waals surface area contributed by atoms with E-state index in [0.29, 0.717) is 25.8 Å². The average Bonchev–Trinajstić information content (AvgIpc) is 3.81. The van der Waals surface area contributed by atoms with Gasteiger partial charge in [0.25, 0.3) is 0 Å². The van der Waals surface area contributed by atoms with E-state index in [0.717, 1.165) is 5.56 Å². The molecule has 5 N–H and O–H groups in total. The number of likely N-dealkylation sites (N-methyl/N-ethyl adjacent to an activating group) is 2. The highest BCUT2D eigenvalue weighted by atomic mass is 16.5. The van der Waals surface area contributed by atoms with Crippen LogP contribution in [-0.2, 0) is 58.9 Å². The number of methoxy groups -OCH3 is 3. The second-order valence-electron chi connectivity index (χ2n) is 19.5. The first-order valence-electron chi connectivity index (χ1n) is 25.0. The van der Waals surface area contributed by atoms with E-state index in [9.17, 15) is 38.4 Å². The monoisotopic (exact) mass is 1000 g/mol. The second kappa shape index (κ2) is 31.2. The van der Waals surface area contributed by atoms with Crippen molar-refractivity contribution in [3.8, 4) is 0 Å². The lowest BCUT2D eigenvalue weighted by atomic mass is 9.89. The van der Waals surface area contributed by atoms with Crippen molar-refractivity contribution in [3.63, 3.8) is 0 Å². The van der Waals surface area contributed by atoms with Crippen LogP contribution in [0.2, 0.25) is 0 Å². The van der Waals surface area contributed by atoms with E-state index >= 15 is 0 Å². The molecule has 1 aliphatic heterocycles. The largest absolute Gasteiger partial charge is 0.464 e. The first-order valence-corrected chi connectivity index (χ1v) is 25.0. The van der Waals surface area contributed by atoms with Crippen molar-refractivity contribution >= 4 is 47.5 Å². The van der Waals surface area contributed by atoms with Crippen molar-refractivity contribution in [1.29, 1.82) is 0 Å². The zero-order valence-electron chi connectivity index (χ0n) is 44.8. The highest BCUT2D eigenvalue weighted by Gasteiger charge is 2.43. The summed E-state index contributed by atoms with van der Waals surface area (Å²) in [5, 5.41) is 13.7. The maximum absolute atomic E-state index is 14.4. The molecule has 0 radical (unpaired) electrons. The summed E-state index contributed by atoms with van der Waals surface area (Å²) in [6.45, 7) is 15.5. The molecule has 10 atom stereocenters. The lowest BCUT2D eigenvalue weighted by Gasteiger charge is -2.41. The number of rotatable bonds is 30. The molecular formula is C51H86N8O12. The lowest BCUT2D eigenvalue weighted by molar-refractivity contribution is -0.148. The Morgan fingerprint density at radius 3 is 2.01 bits per heavy atom. The summed E-state index contributed by atoms with van der Waals surface area (Å²) >= 11 is 0. The number of likely N-dealkylation sites (tertiary alicyclic amines) is 1. The maximum atomic E-state index is 14.4. The summed E-state index contributed by atoms with van der Waals surface area (Å²) in [5.74, 6) is -3.83. The summed E-state index contributed by atoms with van der Waals surface area (Å²) in [7, 11) is 9.62. The first kappa shape index (κ1) is 61.8. The first-order chi connectivity index (χ1) is 33.5. The summed E-state index contributed by atoms with van der Waals surface area (Å²) in [6, 6.07) is 5.08. The van der Waals surface area contributed by atoms with Gasteiger partial charge in [0.15, 0.2) is 0 Å². The molecule has 1 aliphatic rings. The fourth-order valence-electron chi connectivity index (χ4n) is 9.20. The summed E-state index contributed by atoms with van der Waals surface area (Å²) in [4.78, 5) is 111. The number of alkyl carbamates (subject to hydrolysis) is 1. The molecule has 1 fully saturated rings. The molecule has 0 aliphatic carbocycles. The molecule has 0 saturated carbocycles. The smallest absolute Gasteiger partial charge is 0.406 e. The number of carbonyl (C=O) groups is 8. The second-order valence-corrected chi connectivity index (χ2v) is 19.5. The van der Waals surface area contributed by atoms with E-state index in [1.807, 2.05) is 90.9 Å². The van der Waals surface area contributed by atoms with Gasteiger partial charge < -0.3 is 55.3 Å². The van der Waals surface area contributed by atoms with Crippen LogP contribution in [0.25, 0.3) is 0 Å². The molecule has 20 nitrogen and oxygen atoms in total. The van der Waals surface area contributed by atoms with Gasteiger partial charge in [-0.15, -0.1) is 0 Å². The molecule has 20 heteroatoms. The van der Waals surface area contributed by atoms with Crippen molar-refractivity contribution in [2.75, 3.05) is 68.7 Å². The van der Waals surface area contributed by atoms with Crippen molar-refractivity contribution < 1.29 is 57.3 Å². The Morgan fingerprint density at radius 2 is 1.45 bits per heavy atom. The van der Waals surface area contributed by atoms with Gasteiger partial charge in [-0.05, 0) is 63.6 Å². The van der Waals surface area contributed by atoms with E-state index in [4.69, 9.17) is 14.2 Å². The average molecular weight is 1000 g/mol. The summed E-state index contributed by atoms with van der Waals surface area (Å²) < 4.78 is 21.8. The van der Waals surface area contributed by atoms with Crippen LogP contribution in [0, 0.1) is 23.7 Å². The third-order valence-corrected chi connectivity index (χ3v) is 13.3. The van der Waals surface area contributed by atoms with Crippen LogP contribution in [0.5, 0.6) is 0 Å². The molecule has 1 aromatic rings. The van der Waals surface area contributed by atoms with Gasteiger partial charge in [0.05, 0.1) is 56.4 Å². The Balaban J connectivity index is 2.18. The van der Waals surface area contributed by atoms with Gasteiger partial charge in [-0.2, -0.15) is 0 Å². The van der Waals surface area contributed by atoms with Crippen molar-refractivity contribution in [2.45, 2.75) is 149 Å². The SMILES string of the molecule is CC[C@H](C)[C@@H]([C@@H](CC(=O)N1CCC[C@H]1[C@H](OC)[C@@H](C)C(=O)N[C@@H](Cc1ccccc1)C(=O)NCCCOC(=O)[C@H](C)NC(=O)CCNC(=O)OC)OC)N(C)C(=O)[C@@H](NC(=O)[C@H](C(C)C)N(C)C)C(C)C. The van der Waals surface area contributed by atoms with Crippen LogP contribution in [0.1, 0.15) is 99.5 Å². The Labute approximate surface area is 422 Å². The van der Waals surface area contributed by atoms with E-state index in [1.54, 1.807) is 23.8 Å². The minimum atomic E-state index is -0.981. The normalized spacial score (nSPS) is 17.4. The van der Waals surface area contributed by atoms with Crippen LogP contribution in [0.4, 0.5) is 4.79 Å². The summed E-state index contributed by atoms with van der Waals surface area (Å²) in [6.07, 6.45) is 0.159. The van der Waals surface area contributed by atoms with Gasteiger partial charge in [0.2, 0.25) is 35.4 Å². The van der Waals surface area contributed by atoms with E-state index in [1.165, 1.54) is 28.3 Å². The van der Waals surface area contributed by atoms with Gasteiger partial charge in [0, 0.05) is 53.7 Å². The van der Waals surface area contributed by atoms with Crippen molar-refractivity contribution in [2.24, 2.45) is 23.7 Å². The van der Waals surface area contributed by atoms with Crippen LogP contribution < -0.4 is 26.6 Å². The number of amides is 7. The van der Waals surface area contributed by atoms with E-state index in [2.05, 4.69) is 31.3 Å². The maximum Gasteiger partial charge on any atom is 0.406 e. The Bertz CT molecular complexity index is 1860. The predicted molar refractivity (Wildman–Crippen MR) is 268 cm³/mol. The fraction of sp³-hybridized carbons (Fsp3) is 0.725. The zero-order chi connectivity index (χ0) is 53.5. The van der Waals surface area contributed by atoms with Gasteiger partial charge >= 0.3 is 12.1 Å². The standard InChI is InChI=1S/C51H86N8O12/c1-15-33(6)44(58(11)49(65)42(31(2)3)56-48(64)43(32(4)5)57(9)10)39(68-12)30-41(61)59-27-19-23-38(59)45(69-13)34(7)46(62)55-37(29-36-21-17-16-18-22-36)47(63)52-25-20-28-71-50(66)35(8)54-40(60)24-26-53-51(67)70-14/h16-18,21-22,31-35,37-39,42-45H,15,19-20,23-30H2,1-14H3,(H,52,63)(H,53,67)(H,54,60)(H,55,62)(H,56,64)/t33-,34+,35-,37-,38-,39+,42-,43-,44-,45+/m0/s1. The summed E-state index contributed by atoms with van der Waals surface area (Å²) in [5.41, 5.74) is 0.812. The molecule has 7 amide bonds. The Kier molecular flexibility index (Phi) is 27.1. The molecule has 71 heavy (non-hydrogen) atoms. The number of hydrogen-bond acceptors (Lipinski definition) is 13. The van der Waals surface area contributed by atoms with Gasteiger partial charge in [-0.25, -0.2) is 9.59 Å². The van der Waals surface area contributed by atoms with Crippen LogP contribution in [-0.4, -0.2) is 179 Å². The number of benzene rings is 1. The molecule has 1 saturated heterocycles. The highest BCUT2D eigenvalue weighted by Crippen LogP contribution is 2.30. The van der Waals surface area contributed by atoms with E-state index in [-0.39, 0.29) is 80.9 Å². The number of nitrogens with one attached hydrogen (secondary N) is 5. The number of ether oxygens (including phenoxy) is 4. The lowest BCUT2D eigenvalue weighted by Crippen LogP contribution is -2.59. The molecule has 0 bridgehead atoms. The Hall–Kier alpha value is -5.34. The fourth-order valence-corrected chi connectivity index (χ4v) is 9.20. The number of esters is 1. The molecule has 1 heterocycles. The van der Waals surface area contributed by atoms with Crippen molar-refractivity contribution in [1.82, 2.24) is 41.3 Å². The van der Waals surface area contributed by atoms with Crippen molar-refractivity contribution in [3.05, 3.63) is 35.9 Å². The molecular weight excluding hydrogens is 917 g/mol.